The van der Waals surface area contributed by atoms with Gasteiger partial charge < -0.3 is 0 Å². The van der Waals surface area contributed by atoms with Crippen LogP contribution in [-0.2, 0) is 9.59 Å². The Hall–Kier alpha value is -0.170. The maximum absolute atomic E-state index is 11.5. The molecule has 0 aliphatic rings. The maximum atomic E-state index is 11.5. The molecule has 5 heteroatoms. The number of amides is 2. The van der Waals surface area contributed by atoms with Crippen LogP contribution in [0.1, 0.15) is 13.8 Å². The molecule has 0 unspecified atom stereocenters. The highest BCUT2D eigenvalue weighted by Gasteiger charge is 2.33. The molecule has 0 fully saturated rings. The van der Waals surface area contributed by atoms with Crippen molar-refractivity contribution in [1.29, 1.82) is 0 Å². The second kappa shape index (κ2) is 4.18. The lowest BCUT2D eigenvalue weighted by molar-refractivity contribution is -0.138. The molecule has 0 aliphatic carbocycles. The third kappa shape index (κ3) is 2.41. The van der Waals surface area contributed by atoms with E-state index in [1.165, 1.54) is 0 Å². The van der Waals surface area contributed by atoms with Gasteiger partial charge in [-0.1, -0.05) is 0 Å². The van der Waals surface area contributed by atoms with Crippen molar-refractivity contribution in [2.24, 2.45) is 0 Å². The van der Waals surface area contributed by atoms with E-state index < -0.39 is 5.54 Å². The highest BCUT2D eigenvalue weighted by Crippen LogP contribution is 2.15. The number of hydrogen-bond donors (Lipinski definition) is 0. The summed E-state index contributed by atoms with van der Waals surface area (Å²) < 4.78 is 1.03. The molecule has 0 aromatic carbocycles. The molecule has 0 aliphatic heterocycles. The molecule has 4 nitrogen and oxygen atoms in total. The topological polar surface area (TPSA) is 40.6 Å². The summed E-state index contributed by atoms with van der Waals surface area (Å²) in [5, 5.41) is 0. The molecular formula is C7H13IN2O2. The number of hydrogen-bond acceptors (Lipinski definition) is 3. The lowest BCUT2D eigenvalue weighted by Crippen LogP contribution is -2.50. The van der Waals surface area contributed by atoms with E-state index in [1.54, 1.807) is 55.7 Å². The Balaban J connectivity index is 4.56. The van der Waals surface area contributed by atoms with Crippen LogP contribution in [0.15, 0.2) is 0 Å². The van der Waals surface area contributed by atoms with Gasteiger partial charge in [0.1, 0.15) is 0 Å². The van der Waals surface area contributed by atoms with Crippen molar-refractivity contribution in [3.63, 3.8) is 0 Å². The fourth-order valence-corrected chi connectivity index (χ4v) is 1.09. The van der Waals surface area contributed by atoms with Crippen molar-refractivity contribution in [1.82, 2.24) is 8.01 Å². The third-order valence-electron chi connectivity index (χ3n) is 1.93. The summed E-state index contributed by atoms with van der Waals surface area (Å²) in [5.41, 5.74) is -0.637. The first-order valence-electron chi connectivity index (χ1n) is 3.46. The average Bonchev–Trinajstić information content (AvgIpc) is 2.01. The van der Waals surface area contributed by atoms with Crippen LogP contribution in [0.4, 0.5) is 0 Å². The third-order valence-corrected chi connectivity index (χ3v) is 2.59. The SMILES string of the molecule is CN(C)C(C)(C)C(=O)N(I)C=O. The van der Waals surface area contributed by atoms with Crippen molar-refractivity contribution in [2.75, 3.05) is 14.1 Å². The fourth-order valence-electron chi connectivity index (χ4n) is 0.501. The van der Waals surface area contributed by atoms with E-state index in [1.807, 2.05) is 0 Å². The van der Waals surface area contributed by atoms with E-state index in [4.69, 9.17) is 0 Å². The Morgan fingerprint density at radius 1 is 1.42 bits per heavy atom. The zero-order valence-electron chi connectivity index (χ0n) is 7.67. The van der Waals surface area contributed by atoms with Gasteiger partial charge in [0, 0.05) is 0 Å². The quantitative estimate of drug-likeness (QED) is 0.434. The van der Waals surface area contributed by atoms with Gasteiger partial charge in [0.25, 0.3) is 5.91 Å². The van der Waals surface area contributed by atoms with Gasteiger partial charge in [0.15, 0.2) is 0 Å². The molecule has 0 radical (unpaired) electrons. The predicted molar refractivity (Wildman–Crippen MR) is 54.7 cm³/mol. The zero-order valence-corrected chi connectivity index (χ0v) is 9.82. The summed E-state index contributed by atoms with van der Waals surface area (Å²) in [5.74, 6) is -0.219. The van der Waals surface area contributed by atoms with Gasteiger partial charge in [-0.2, -0.15) is 0 Å². The van der Waals surface area contributed by atoms with E-state index in [-0.39, 0.29) is 5.91 Å². The minimum atomic E-state index is -0.637. The minimum absolute atomic E-state index is 0.219. The highest BCUT2D eigenvalue weighted by molar-refractivity contribution is 14.1. The molecule has 0 aromatic rings. The molecular weight excluding hydrogens is 271 g/mol. The highest BCUT2D eigenvalue weighted by atomic mass is 127. The molecule has 70 valence electrons. The Bertz CT molecular complexity index is 192. The Morgan fingerprint density at radius 2 is 1.83 bits per heavy atom. The second-order valence-corrected chi connectivity index (χ2v) is 4.21. The molecule has 0 atom stereocenters. The van der Waals surface area contributed by atoms with E-state index in [0.717, 1.165) is 3.11 Å². The van der Waals surface area contributed by atoms with Crippen LogP contribution in [0.25, 0.3) is 0 Å². The van der Waals surface area contributed by atoms with Crippen LogP contribution in [0.3, 0.4) is 0 Å². The van der Waals surface area contributed by atoms with Crippen molar-refractivity contribution in [3.8, 4) is 0 Å². The molecule has 0 heterocycles. The minimum Gasteiger partial charge on any atom is -0.296 e. The van der Waals surface area contributed by atoms with Gasteiger partial charge in [-0.25, -0.2) is 3.11 Å². The molecule has 0 spiro atoms. The standard InChI is InChI=1S/C7H13IN2O2/c1-7(2,9(3)4)6(12)10(8)5-11/h5H,1-4H3. The average molecular weight is 284 g/mol. The van der Waals surface area contributed by atoms with Gasteiger partial charge in [0.2, 0.25) is 6.41 Å². The first-order chi connectivity index (χ1) is 5.34. The number of halogens is 1. The molecule has 0 saturated heterocycles. The van der Waals surface area contributed by atoms with Crippen LogP contribution in [0.5, 0.6) is 0 Å². The molecule has 0 aromatic heterocycles. The van der Waals surface area contributed by atoms with Gasteiger partial charge in [-0.15, -0.1) is 0 Å². The van der Waals surface area contributed by atoms with E-state index in [9.17, 15) is 9.59 Å². The molecule has 12 heavy (non-hydrogen) atoms. The Kier molecular flexibility index (Phi) is 4.12. The van der Waals surface area contributed by atoms with Gasteiger partial charge in [-0.05, 0) is 27.9 Å². The number of carbonyl (C=O) groups excluding carboxylic acids is 2. The van der Waals surface area contributed by atoms with Crippen molar-refractivity contribution >= 4 is 35.2 Å². The van der Waals surface area contributed by atoms with Crippen LogP contribution >= 0.6 is 22.9 Å². The van der Waals surface area contributed by atoms with Crippen molar-refractivity contribution in [2.45, 2.75) is 19.4 Å². The number of rotatable bonds is 3. The van der Waals surface area contributed by atoms with Crippen LogP contribution in [0.2, 0.25) is 0 Å². The maximum Gasteiger partial charge on any atom is 0.257 e. The van der Waals surface area contributed by atoms with Crippen molar-refractivity contribution in [3.05, 3.63) is 0 Å². The second-order valence-electron chi connectivity index (χ2n) is 3.18. The van der Waals surface area contributed by atoms with E-state index in [2.05, 4.69) is 0 Å². The summed E-state index contributed by atoms with van der Waals surface area (Å²) in [4.78, 5) is 23.5. The summed E-state index contributed by atoms with van der Waals surface area (Å²) in [6.07, 6.45) is 0.508. The number of carbonyl (C=O) groups is 2. The number of likely N-dealkylation sites (N-methyl/N-ethyl adjacent to an activating group) is 1. The van der Waals surface area contributed by atoms with Crippen LogP contribution < -0.4 is 0 Å². The smallest absolute Gasteiger partial charge is 0.257 e. The van der Waals surface area contributed by atoms with Gasteiger partial charge in [0.05, 0.1) is 28.4 Å². The Labute approximate surface area is 86.4 Å². The monoisotopic (exact) mass is 284 g/mol. The van der Waals surface area contributed by atoms with Gasteiger partial charge in [-0.3, -0.25) is 14.5 Å². The number of nitrogens with zero attached hydrogens (tertiary/aromatic N) is 2. The first kappa shape index (κ1) is 11.8. The zero-order chi connectivity index (χ0) is 9.94. The Morgan fingerprint density at radius 3 is 2.08 bits per heavy atom. The predicted octanol–water partition coefficient (Wildman–Crippen LogP) is 0.662. The largest absolute Gasteiger partial charge is 0.296 e. The number of imide groups is 1. The molecule has 2 amide bonds. The molecule has 0 saturated carbocycles. The van der Waals surface area contributed by atoms with Gasteiger partial charge >= 0.3 is 0 Å². The van der Waals surface area contributed by atoms with Crippen LogP contribution in [-0.4, -0.2) is 40.0 Å². The molecule has 0 N–H and O–H groups in total. The van der Waals surface area contributed by atoms with Crippen LogP contribution in [0, 0.1) is 0 Å². The summed E-state index contributed by atoms with van der Waals surface area (Å²) in [7, 11) is 3.60. The van der Waals surface area contributed by atoms with Crippen molar-refractivity contribution < 1.29 is 9.59 Å². The van der Waals surface area contributed by atoms with E-state index >= 15 is 0 Å². The first-order valence-corrected chi connectivity index (χ1v) is 4.42. The molecule has 0 rings (SSSR count). The summed E-state index contributed by atoms with van der Waals surface area (Å²) >= 11 is 1.68. The van der Waals surface area contributed by atoms with E-state index in [0.29, 0.717) is 6.41 Å². The fraction of sp³-hybridized carbons (Fsp3) is 0.714. The lowest BCUT2D eigenvalue weighted by Gasteiger charge is -2.31. The summed E-state index contributed by atoms with van der Waals surface area (Å²) in [6.45, 7) is 3.54. The lowest BCUT2D eigenvalue weighted by atomic mass is 10.0. The summed E-state index contributed by atoms with van der Waals surface area (Å²) in [6, 6.07) is 0. The normalized spacial score (nSPS) is 11.5. The molecule has 0 bridgehead atoms.